The van der Waals surface area contributed by atoms with E-state index in [2.05, 4.69) is 10.3 Å². The zero-order valence-electron chi connectivity index (χ0n) is 14.1. The average Bonchev–Trinajstić information content (AvgIpc) is 3.11. The number of hydrogen-bond acceptors (Lipinski definition) is 7. The molecule has 7 heteroatoms. The fourth-order valence-corrected chi connectivity index (χ4v) is 3.87. The lowest BCUT2D eigenvalue weighted by Gasteiger charge is -2.38. The molecule has 4 rings (SSSR count). The summed E-state index contributed by atoms with van der Waals surface area (Å²) in [7, 11) is 0. The number of rotatable bonds is 3. The minimum atomic E-state index is -1.06. The number of nitrogens with zero attached hydrogens (tertiary/aromatic N) is 1. The van der Waals surface area contributed by atoms with Crippen LogP contribution < -0.4 is 5.32 Å². The van der Waals surface area contributed by atoms with E-state index >= 15 is 0 Å². The lowest BCUT2D eigenvalue weighted by molar-refractivity contribution is -0.244. The van der Waals surface area contributed by atoms with Gasteiger partial charge in [0.2, 0.25) is 0 Å². The normalized spacial score (nSPS) is 19.0. The van der Waals surface area contributed by atoms with E-state index in [0.29, 0.717) is 18.0 Å². The molecule has 0 bridgehead atoms. The molecule has 134 valence electrons. The van der Waals surface area contributed by atoms with Gasteiger partial charge in [-0.05, 0) is 12.8 Å². The predicted octanol–water partition coefficient (Wildman–Crippen LogP) is 3.87. The Hall–Kier alpha value is -2.67. The first kappa shape index (κ1) is 16.8. The average molecular weight is 370 g/mol. The maximum Gasteiger partial charge on any atom is 0.350 e. The van der Waals surface area contributed by atoms with Crippen molar-refractivity contribution in [3.8, 4) is 11.3 Å². The van der Waals surface area contributed by atoms with E-state index in [1.807, 2.05) is 35.7 Å². The first-order valence-corrected chi connectivity index (χ1v) is 9.48. The monoisotopic (exact) mass is 370 g/mol. The van der Waals surface area contributed by atoms with Gasteiger partial charge in [-0.3, -0.25) is 0 Å². The number of carbonyl (C=O) groups is 2. The Bertz CT molecular complexity index is 831. The number of thiazole rings is 1. The molecular formula is C19H18N2O4S. The molecule has 1 saturated carbocycles. The van der Waals surface area contributed by atoms with Crippen LogP contribution in [0.1, 0.15) is 32.1 Å². The van der Waals surface area contributed by atoms with Crippen LogP contribution in [0.25, 0.3) is 11.3 Å². The molecule has 0 amide bonds. The third-order valence-electron chi connectivity index (χ3n) is 4.53. The summed E-state index contributed by atoms with van der Waals surface area (Å²) in [5.41, 5.74) is 1.68. The summed E-state index contributed by atoms with van der Waals surface area (Å²) < 4.78 is 10.9. The molecule has 1 spiro atoms. The largest absolute Gasteiger partial charge is 0.419 e. The Labute approximate surface area is 154 Å². The van der Waals surface area contributed by atoms with Gasteiger partial charge in [0, 0.05) is 30.0 Å². The van der Waals surface area contributed by atoms with Crippen LogP contribution in [0.2, 0.25) is 0 Å². The van der Waals surface area contributed by atoms with E-state index in [0.717, 1.165) is 30.5 Å². The van der Waals surface area contributed by atoms with Gasteiger partial charge >= 0.3 is 11.9 Å². The third kappa shape index (κ3) is 3.35. The number of carbonyl (C=O) groups excluding carboxylic acids is 2. The summed E-state index contributed by atoms with van der Waals surface area (Å²) in [6.45, 7) is 0. The molecule has 1 aromatic carbocycles. The Morgan fingerprint density at radius 3 is 2.42 bits per heavy atom. The Balaban J connectivity index is 1.46. The second-order valence-corrected chi connectivity index (χ2v) is 7.21. The van der Waals surface area contributed by atoms with Gasteiger partial charge in [-0.25, -0.2) is 14.6 Å². The number of ether oxygens (including phenoxy) is 2. The third-order valence-corrected chi connectivity index (χ3v) is 5.30. The van der Waals surface area contributed by atoms with Crippen molar-refractivity contribution in [2.45, 2.75) is 37.9 Å². The number of nitrogens with one attached hydrogen (secondary N) is 1. The first-order valence-electron chi connectivity index (χ1n) is 8.60. The van der Waals surface area contributed by atoms with Crippen molar-refractivity contribution in [3.63, 3.8) is 0 Å². The van der Waals surface area contributed by atoms with E-state index in [1.54, 1.807) is 0 Å². The molecule has 26 heavy (non-hydrogen) atoms. The van der Waals surface area contributed by atoms with Crippen molar-refractivity contribution in [2.75, 3.05) is 5.32 Å². The molecule has 2 heterocycles. The van der Waals surface area contributed by atoms with E-state index in [-0.39, 0.29) is 5.57 Å². The van der Waals surface area contributed by atoms with Crippen LogP contribution in [0.3, 0.4) is 0 Å². The predicted molar refractivity (Wildman–Crippen MR) is 97.3 cm³/mol. The molecule has 0 atom stereocenters. The number of anilines is 1. The highest BCUT2D eigenvalue weighted by Gasteiger charge is 2.46. The quantitative estimate of drug-likeness (QED) is 0.502. The summed E-state index contributed by atoms with van der Waals surface area (Å²) in [5, 5.41) is 5.39. The maximum atomic E-state index is 12.3. The van der Waals surface area contributed by atoms with Crippen molar-refractivity contribution in [3.05, 3.63) is 47.5 Å². The Kier molecular flexibility index (Phi) is 4.46. The first-order chi connectivity index (χ1) is 12.7. The molecule has 2 aromatic rings. The van der Waals surface area contributed by atoms with Gasteiger partial charge in [-0.15, -0.1) is 11.3 Å². The minimum absolute atomic E-state index is 0.141. The number of aromatic nitrogens is 1. The zero-order chi connectivity index (χ0) is 18.0. The molecule has 2 fully saturated rings. The van der Waals surface area contributed by atoms with Gasteiger partial charge in [-0.1, -0.05) is 36.8 Å². The van der Waals surface area contributed by atoms with Crippen LogP contribution in [0.15, 0.2) is 47.5 Å². The maximum absolute atomic E-state index is 12.3. The molecule has 1 saturated heterocycles. The van der Waals surface area contributed by atoms with Gasteiger partial charge in [0.05, 0.1) is 5.69 Å². The Morgan fingerprint density at radius 2 is 1.73 bits per heavy atom. The number of hydrogen-bond donors (Lipinski definition) is 1. The lowest BCUT2D eigenvalue weighted by atomic mass is 9.93. The van der Waals surface area contributed by atoms with Crippen LogP contribution in [-0.2, 0) is 19.1 Å². The molecule has 1 aliphatic heterocycles. The standard InChI is InChI=1S/C19H18N2O4S/c22-16-14(17(23)25-19(24-16)9-5-2-6-10-19)11-20-18-21-15(12-26-18)13-7-3-1-4-8-13/h1,3-4,7-8,11-12H,2,5-6,9-10H2,(H,20,21). The molecule has 1 aromatic heterocycles. The molecular weight excluding hydrogens is 352 g/mol. The van der Waals surface area contributed by atoms with E-state index < -0.39 is 17.7 Å². The summed E-state index contributed by atoms with van der Waals surface area (Å²) in [6, 6.07) is 9.77. The molecule has 2 aliphatic rings. The van der Waals surface area contributed by atoms with E-state index in [9.17, 15) is 9.59 Å². The van der Waals surface area contributed by atoms with E-state index in [4.69, 9.17) is 9.47 Å². The highest BCUT2D eigenvalue weighted by atomic mass is 32.1. The van der Waals surface area contributed by atoms with Gasteiger partial charge in [0.15, 0.2) is 10.7 Å². The number of benzene rings is 1. The van der Waals surface area contributed by atoms with Crippen LogP contribution in [0.5, 0.6) is 0 Å². The van der Waals surface area contributed by atoms with Crippen molar-refractivity contribution >= 4 is 28.4 Å². The van der Waals surface area contributed by atoms with Gasteiger partial charge < -0.3 is 14.8 Å². The second-order valence-electron chi connectivity index (χ2n) is 6.36. The van der Waals surface area contributed by atoms with Crippen molar-refractivity contribution in [1.82, 2.24) is 4.98 Å². The lowest BCUT2D eigenvalue weighted by Crippen LogP contribution is -2.47. The molecule has 6 nitrogen and oxygen atoms in total. The smallest absolute Gasteiger partial charge is 0.350 e. The van der Waals surface area contributed by atoms with E-state index in [1.165, 1.54) is 17.5 Å². The van der Waals surface area contributed by atoms with Gasteiger partial charge in [0.1, 0.15) is 0 Å². The van der Waals surface area contributed by atoms with Crippen molar-refractivity contribution < 1.29 is 19.1 Å². The molecule has 1 N–H and O–H groups in total. The van der Waals surface area contributed by atoms with Crippen molar-refractivity contribution in [2.24, 2.45) is 0 Å². The summed E-state index contributed by atoms with van der Waals surface area (Å²) in [6.07, 6.45) is 5.29. The van der Waals surface area contributed by atoms with Crippen LogP contribution in [0, 0.1) is 0 Å². The van der Waals surface area contributed by atoms with Crippen LogP contribution in [-0.4, -0.2) is 22.7 Å². The minimum Gasteiger partial charge on any atom is -0.419 e. The molecule has 1 aliphatic carbocycles. The van der Waals surface area contributed by atoms with Crippen molar-refractivity contribution in [1.29, 1.82) is 0 Å². The molecule has 0 unspecified atom stereocenters. The highest BCUT2D eigenvalue weighted by molar-refractivity contribution is 7.14. The van der Waals surface area contributed by atoms with Crippen LogP contribution in [0.4, 0.5) is 5.13 Å². The fraction of sp³-hybridized carbons (Fsp3) is 0.316. The Morgan fingerprint density at radius 1 is 1.04 bits per heavy atom. The van der Waals surface area contributed by atoms with Gasteiger partial charge in [-0.2, -0.15) is 0 Å². The SMILES string of the molecule is O=C1OC2(CCCCC2)OC(=O)C1=CNc1nc(-c2ccccc2)cs1. The number of esters is 2. The summed E-state index contributed by atoms with van der Waals surface area (Å²) in [4.78, 5) is 29.0. The fourth-order valence-electron chi connectivity index (χ4n) is 3.18. The van der Waals surface area contributed by atoms with Gasteiger partial charge in [0.25, 0.3) is 5.79 Å². The topological polar surface area (TPSA) is 77.5 Å². The van der Waals surface area contributed by atoms with Crippen LogP contribution >= 0.6 is 11.3 Å². The summed E-state index contributed by atoms with van der Waals surface area (Å²) >= 11 is 1.39. The summed E-state index contributed by atoms with van der Waals surface area (Å²) in [5.74, 6) is -2.35. The molecule has 0 radical (unpaired) electrons. The second kappa shape index (κ2) is 6.92. The zero-order valence-corrected chi connectivity index (χ0v) is 14.9. The highest BCUT2D eigenvalue weighted by Crippen LogP contribution is 2.37.